The van der Waals surface area contributed by atoms with E-state index < -0.39 is 0 Å². The summed E-state index contributed by atoms with van der Waals surface area (Å²) in [6, 6.07) is 10.0. The van der Waals surface area contributed by atoms with Gasteiger partial charge in [-0.05, 0) is 12.0 Å². The van der Waals surface area contributed by atoms with Gasteiger partial charge < -0.3 is 9.84 Å². The van der Waals surface area contributed by atoms with Gasteiger partial charge >= 0.3 is 0 Å². The molecule has 0 saturated carbocycles. The quantitative estimate of drug-likeness (QED) is 0.668. The van der Waals surface area contributed by atoms with E-state index in [9.17, 15) is 5.11 Å². The number of unbranched alkanes of at least 4 members (excludes halogenated alkanes) is 1. The van der Waals surface area contributed by atoms with Gasteiger partial charge in [0.1, 0.15) is 6.10 Å². The predicted molar refractivity (Wildman–Crippen MR) is 77.4 cm³/mol. The maximum atomic E-state index is 10.2. The second kappa shape index (κ2) is 6.16. The van der Waals surface area contributed by atoms with Crippen molar-refractivity contribution >= 4 is 22.6 Å². The minimum absolute atomic E-state index is 0.153. The van der Waals surface area contributed by atoms with Crippen LogP contribution in [0.1, 0.15) is 37.9 Å². The van der Waals surface area contributed by atoms with Gasteiger partial charge in [-0.25, -0.2) is 0 Å². The standard InChI is InChI=1S/C14H19IO2/c1-2-3-9-11-12(15)13(16)14(17-11)10-7-5-4-6-8-10/h4-8,11-14,16H,2-3,9H2,1H3/t11-,12-,13+,14+/m1/s1. The SMILES string of the molecule is CCCC[C@H]1O[C@@H](c2ccccc2)[C@@H](O)[C@@H]1I. The van der Waals surface area contributed by atoms with Crippen molar-refractivity contribution in [2.75, 3.05) is 0 Å². The minimum atomic E-state index is -0.389. The fraction of sp³-hybridized carbons (Fsp3) is 0.571. The van der Waals surface area contributed by atoms with Gasteiger partial charge in [-0.3, -0.25) is 0 Å². The number of hydrogen-bond acceptors (Lipinski definition) is 2. The molecule has 0 unspecified atom stereocenters. The summed E-state index contributed by atoms with van der Waals surface area (Å²) in [6.45, 7) is 2.18. The van der Waals surface area contributed by atoms with Gasteiger partial charge in [-0.2, -0.15) is 0 Å². The van der Waals surface area contributed by atoms with E-state index in [1.165, 1.54) is 12.8 Å². The van der Waals surface area contributed by atoms with Crippen molar-refractivity contribution < 1.29 is 9.84 Å². The van der Waals surface area contributed by atoms with E-state index in [0.717, 1.165) is 12.0 Å². The first-order valence-electron chi connectivity index (χ1n) is 6.26. The Kier molecular flexibility index (Phi) is 4.82. The molecule has 0 aliphatic carbocycles. The lowest BCUT2D eigenvalue weighted by Gasteiger charge is -2.14. The minimum Gasteiger partial charge on any atom is -0.389 e. The lowest BCUT2D eigenvalue weighted by atomic mass is 10.0. The highest BCUT2D eigenvalue weighted by Crippen LogP contribution is 2.39. The summed E-state index contributed by atoms with van der Waals surface area (Å²) in [4.78, 5) is 0. The molecule has 0 aromatic heterocycles. The highest BCUT2D eigenvalue weighted by molar-refractivity contribution is 14.1. The Morgan fingerprint density at radius 3 is 2.65 bits per heavy atom. The average molecular weight is 346 g/mol. The lowest BCUT2D eigenvalue weighted by Crippen LogP contribution is -2.24. The molecular formula is C14H19IO2. The molecule has 2 nitrogen and oxygen atoms in total. The van der Waals surface area contributed by atoms with Gasteiger partial charge in [0, 0.05) is 0 Å². The molecule has 1 aliphatic heterocycles. The molecule has 1 saturated heterocycles. The van der Waals surface area contributed by atoms with Crippen LogP contribution in [0.25, 0.3) is 0 Å². The molecule has 2 rings (SSSR count). The van der Waals surface area contributed by atoms with Gasteiger partial charge in [0.25, 0.3) is 0 Å². The number of aliphatic hydroxyl groups is 1. The molecule has 0 amide bonds. The highest BCUT2D eigenvalue weighted by atomic mass is 127. The van der Waals surface area contributed by atoms with E-state index in [-0.39, 0.29) is 22.2 Å². The summed E-state index contributed by atoms with van der Waals surface area (Å²) in [5.74, 6) is 0. The molecule has 3 heteroatoms. The van der Waals surface area contributed by atoms with Crippen LogP contribution in [-0.4, -0.2) is 21.2 Å². The number of aliphatic hydroxyl groups excluding tert-OH is 1. The summed E-state index contributed by atoms with van der Waals surface area (Å²) >= 11 is 2.33. The molecule has 0 spiro atoms. The van der Waals surface area contributed by atoms with Crippen LogP contribution in [0.4, 0.5) is 0 Å². The number of ether oxygens (including phenoxy) is 1. The highest BCUT2D eigenvalue weighted by Gasteiger charge is 2.42. The zero-order chi connectivity index (χ0) is 12.3. The van der Waals surface area contributed by atoms with Gasteiger partial charge in [0.05, 0.1) is 16.1 Å². The topological polar surface area (TPSA) is 29.5 Å². The molecule has 4 atom stereocenters. The molecule has 1 aromatic carbocycles. The van der Waals surface area contributed by atoms with Crippen molar-refractivity contribution in [3.8, 4) is 0 Å². The van der Waals surface area contributed by atoms with E-state index >= 15 is 0 Å². The molecule has 0 radical (unpaired) electrons. The van der Waals surface area contributed by atoms with E-state index in [1.54, 1.807) is 0 Å². The lowest BCUT2D eigenvalue weighted by molar-refractivity contribution is 0.00583. The molecule has 0 bridgehead atoms. The van der Waals surface area contributed by atoms with Crippen molar-refractivity contribution in [3.05, 3.63) is 35.9 Å². The number of hydrogen-bond donors (Lipinski definition) is 1. The maximum absolute atomic E-state index is 10.2. The Morgan fingerprint density at radius 1 is 1.29 bits per heavy atom. The van der Waals surface area contributed by atoms with Crippen LogP contribution in [0, 0.1) is 0 Å². The monoisotopic (exact) mass is 346 g/mol. The Hall–Kier alpha value is -0.130. The Labute approximate surface area is 117 Å². The third-order valence-corrected chi connectivity index (χ3v) is 4.82. The fourth-order valence-electron chi connectivity index (χ4n) is 2.28. The first-order valence-corrected chi connectivity index (χ1v) is 7.51. The van der Waals surface area contributed by atoms with Gasteiger partial charge in [-0.1, -0.05) is 72.7 Å². The van der Waals surface area contributed by atoms with E-state index in [0.29, 0.717) is 0 Å². The Bertz CT molecular complexity index is 341. The van der Waals surface area contributed by atoms with Crippen LogP contribution < -0.4 is 0 Å². The number of halogens is 1. The summed E-state index contributed by atoms with van der Waals surface area (Å²) in [5.41, 5.74) is 1.08. The smallest absolute Gasteiger partial charge is 0.110 e. The van der Waals surface area contributed by atoms with E-state index in [2.05, 4.69) is 29.5 Å². The number of benzene rings is 1. The van der Waals surface area contributed by atoms with Crippen LogP contribution in [0.5, 0.6) is 0 Å². The molecule has 1 aromatic rings. The van der Waals surface area contributed by atoms with Crippen molar-refractivity contribution in [1.29, 1.82) is 0 Å². The summed E-state index contributed by atoms with van der Waals surface area (Å²) in [6.07, 6.45) is 3.04. The predicted octanol–water partition coefficient (Wildman–Crippen LogP) is 3.48. The number of alkyl halides is 1. The number of rotatable bonds is 4. The van der Waals surface area contributed by atoms with Crippen molar-refractivity contribution in [1.82, 2.24) is 0 Å². The van der Waals surface area contributed by atoms with Crippen molar-refractivity contribution in [2.45, 2.75) is 48.4 Å². The second-order valence-electron chi connectivity index (χ2n) is 4.58. The molecule has 1 N–H and O–H groups in total. The zero-order valence-corrected chi connectivity index (χ0v) is 12.2. The normalized spacial score (nSPS) is 32.9. The largest absolute Gasteiger partial charge is 0.389 e. The molecule has 17 heavy (non-hydrogen) atoms. The molecule has 94 valence electrons. The van der Waals surface area contributed by atoms with E-state index in [1.807, 2.05) is 30.3 Å². The Balaban J connectivity index is 2.06. The molecular weight excluding hydrogens is 327 g/mol. The zero-order valence-electron chi connectivity index (χ0n) is 10.1. The van der Waals surface area contributed by atoms with Crippen LogP contribution >= 0.6 is 22.6 Å². The second-order valence-corrected chi connectivity index (χ2v) is 6.02. The fourth-order valence-corrected chi connectivity index (χ4v) is 3.19. The molecule has 1 aliphatic rings. The van der Waals surface area contributed by atoms with E-state index in [4.69, 9.17) is 4.74 Å². The maximum Gasteiger partial charge on any atom is 0.110 e. The third-order valence-electron chi connectivity index (χ3n) is 3.28. The average Bonchev–Trinajstić information content (AvgIpc) is 2.65. The van der Waals surface area contributed by atoms with Gasteiger partial charge in [-0.15, -0.1) is 0 Å². The van der Waals surface area contributed by atoms with Gasteiger partial charge in [0.15, 0.2) is 0 Å². The molecule has 1 heterocycles. The van der Waals surface area contributed by atoms with Gasteiger partial charge in [0.2, 0.25) is 0 Å². The summed E-state index contributed by atoms with van der Waals surface area (Å²) in [5, 5.41) is 10.2. The van der Waals surface area contributed by atoms with Crippen molar-refractivity contribution in [2.24, 2.45) is 0 Å². The van der Waals surface area contributed by atoms with Crippen LogP contribution in [0.15, 0.2) is 30.3 Å². The summed E-state index contributed by atoms with van der Waals surface area (Å²) in [7, 11) is 0. The third kappa shape index (κ3) is 3.01. The first kappa shape index (κ1) is 13.3. The Morgan fingerprint density at radius 2 is 2.00 bits per heavy atom. The first-order chi connectivity index (χ1) is 8.24. The van der Waals surface area contributed by atoms with Crippen molar-refractivity contribution in [3.63, 3.8) is 0 Å². The van der Waals surface area contributed by atoms with Crippen LogP contribution in [0.3, 0.4) is 0 Å². The van der Waals surface area contributed by atoms with Crippen LogP contribution in [-0.2, 0) is 4.74 Å². The van der Waals surface area contributed by atoms with Crippen LogP contribution in [0.2, 0.25) is 0 Å². The summed E-state index contributed by atoms with van der Waals surface area (Å²) < 4.78 is 6.22. The molecule has 1 fully saturated rings.